The summed E-state index contributed by atoms with van der Waals surface area (Å²) in [4.78, 5) is 24.4. The minimum atomic E-state index is -0.0871. The predicted octanol–water partition coefficient (Wildman–Crippen LogP) is 4.85. The van der Waals surface area contributed by atoms with E-state index in [1.807, 2.05) is 31.2 Å². The van der Waals surface area contributed by atoms with Crippen molar-refractivity contribution in [2.45, 2.75) is 39.7 Å². The fourth-order valence-corrected chi connectivity index (χ4v) is 4.17. The third kappa shape index (κ3) is 4.20. The third-order valence-corrected chi connectivity index (χ3v) is 5.72. The number of aromatic nitrogens is 2. The summed E-state index contributed by atoms with van der Waals surface area (Å²) in [6.07, 6.45) is 5.80. The van der Waals surface area contributed by atoms with Gasteiger partial charge in [-0.2, -0.15) is 0 Å². The van der Waals surface area contributed by atoms with E-state index in [1.165, 1.54) is 24.0 Å². The second-order valence-electron chi connectivity index (χ2n) is 8.06. The molecule has 1 saturated heterocycles. The van der Waals surface area contributed by atoms with Crippen LogP contribution in [0.15, 0.2) is 54.9 Å². The topological polar surface area (TPSA) is 58.1 Å². The Hall–Kier alpha value is -3.21. The molecule has 1 amide bonds. The normalized spacial score (nSPS) is 14.6. The number of rotatable bonds is 5. The van der Waals surface area contributed by atoms with Gasteiger partial charge in [-0.1, -0.05) is 35.9 Å². The molecule has 3 aromatic rings. The monoisotopic (exact) mass is 400 g/mol. The smallest absolute Gasteiger partial charge is 0.251 e. The van der Waals surface area contributed by atoms with Crippen LogP contribution < -0.4 is 10.2 Å². The fourth-order valence-electron chi connectivity index (χ4n) is 4.17. The lowest BCUT2D eigenvalue weighted by atomic mass is 10.00. The Labute approximate surface area is 178 Å². The molecule has 1 fully saturated rings. The molecular weight excluding hydrogens is 372 g/mol. The van der Waals surface area contributed by atoms with Crippen LogP contribution in [0.25, 0.3) is 11.3 Å². The van der Waals surface area contributed by atoms with Crippen LogP contribution in [0.1, 0.15) is 52.9 Å². The van der Waals surface area contributed by atoms with Crippen molar-refractivity contribution >= 4 is 11.7 Å². The Balaban J connectivity index is 1.57. The van der Waals surface area contributed by atoms with Crippen LogP contribution in [0.5, 0.6) is 0 Å². The van der Waals surface area contributed by atoms with Crippen LogP contribution in [0, 0.1) is 13.8 Å². The molecule has 0 bridgehead atoms. The van der Waals surface area contributed by atoms with Crippen molar-refractivity contribution in [3.63, 3.8) is 0 Å². The number of nitrogens with zero attached hydrogens (tertiary/aromatic N) is 3. The van der Waals surface area contributed by atoms with Crippen molar-refractivity contribution in [2.24, 2.45) is 0 Å². The first-order chi connectivity index (χ1) is 14.5. The highest BCUT2D eigenvalue weighted by Gasteiger charge is 2.20. The Morgan fingerprint density at radius 2 is 1.80 bits per heavy atom. The SMILES string of the molecule is Cc1ccc(C(C)NC(=O)c2cccc(-c3nccnc3N3CCCC3)c2)c(C)c1. The number of carbonyl (C=O) groups is 1. The van der Waals surface area contributed by atoms with E-state index in [0.717, 1.165) is 35.7 Å². The summed E-state index contributed by atoms with van der Waals surface area (Å²) in [5, 5.41) is 3.14. The number of carbonyl (C=O) groups excluding carboxylic acids is 1. The molecule has 5 heteroatoms. The Kier molecular flexibility index (Phi) is 5.79. The quantitative estimate of drug-likeness (QED) is 0.665. The number of aryl methyl sites for hydroxylation is 2. The highest BCUT2D eigenvalue weighted by molar-refractivity contribution is 5.96. The lowest BCUT2D eigenvalue weighted by molar-refractivity contribution is 0.0940. The number of hydrogen-bond acceptors (Lipinski definition) is 4. The number of benzene rings is 2. The van der Waals surface area contributed by atoms with E-state index in [1.54, 1.807) is 12.4 Å². The second-order valence-corrected chi connectivity index (χ2v) is 8.06. The molecule has 2 aromatic carbocycles. The van der Waals surface area contributed by atoms with E-state index in [0.29, 0.717) is 5.56 Å². The van der Waals surface area contributed by atoms with Crippen LogP contribution in [0.3, 0.4) is 0 Å². The van der Waals surface area contributed by atoms with E-state index >= 15 is 0 Å². The molecule has 1 unspecified atom stereocenters. The van der Waals surface area contributed by atoms with Crippen LogP contribution in [0.4, 0.5) is 5.82 Å². The second kappa shape index (κ2) is 8.66. The zero-order chi connectivity index (χ0) is 21.1. The number of nitrogens with one attached hydrogen (secondary N) is 1. The first kappa shape index (κ1) is 20.1. The van der Waals surface area contributed by atoms with Gasteiger partial charge in [-0.15, -0.1) is 0 Å². The van der Waals surface area contributed by atoms with Crippen molar-refractivity contribution in [3.05, 3.63) is 77.1 Å². The van der Waals surface area contributed by atoms with E-state index < -0.39 is 0 Å². The third-order valence-electron chi connectivity index (χ3n) is 5.72. The summed E-state index contributed by atoms with van der Waals surface area (Å²) in [5.41, 5.74) is 5.91. The lowest BCUT2D eigenvalue weighted by Crippen LogP contribution is -2.27. The molecule has 5 nitrogen and oxygen atoms in total. The van der Waals surface area contributed by atoms with E-state index in [4.69, 9.17) is 0 Å². The van der Waals surface area contributed by atoms with Gasteiger partial charge in [0.25, 0.3) is 5.91 Å². The van der Waals surface area contributed by atoms with Gasteiger partial charge in [0.1, 0.15) is 5.69 Å². The van der Waals surface area contributed by atoms with Crippen molar-refractivity contribution < 1.29 is 4.79 Å². The summed E-state index contributed by atoms with van der Waals surface area (Å²) in [6.45, 7) is 8.18. The molecule has 0 spiro atoms. The molecule has 1 aromatic heterocycles. The zero-order valence-corrected chi connectivity index (χ0v) is 17.9. The summed E-state index contributed by atoms with van der Waals surface area (Å²) in [7, 11) is 0. The van der Waals surface area contributed by atoms with Gasteiger partial charge in [-0.05, 0) is 56.9 Å². The zero-order valence-electron chi connectivity index (χ0n) is 17.9. The molecular formula is C25H28N4O. The number of hydrogen-bond donors (Lipinski definition) is 1. The van der Waals surface area contributed by atoms with Crippen LogP contribution >= 0.6 is 0 Å². The van der Waals surface area contributed by atoms with Gasteiger partial charge in [-0.3, -0.25) is 9.78 Å². The summed E-state index contributed by atoms with van der Waals surface area (Å²) >= 11 is 0. The largest absolute Gasteiger partial charge is 0.355 e. The lowest BCUT2D eigenvalue weighted by Gasteiger charge is -2.19. The maximum atomic E-state index is 13.0. The molecule has 1 atom stereocenters. The van der Waals surface area contributed by atoms with E-state index in [9.17, 15) is 4.79 Å². The highest BCUT2D eigenvalue weighted by atomic mass is 16.1. The van der Waals surface area contributed by atoms with Gasteiger partial charge >= 0.3 is 0 Å². The van der Waals surface area contributed by atoms with Crippen molar-refractivity contribution in [3.8, 4) is 11.3 Å². The molecule has 30 heavy (non-hydrogen) atoms. The van der Waals surface area contributed by atoms with E-state index in [-0.39, 0.29) is 11.9 Å². The van der Waals surface area contributed by atoms with Crippen molar-refractivity contribution in [2.75, 3.05) is 18.0 Å². The molecule has 4 rings (SSSR count). The maximum Gasteiger partial charge on any atom is 0.251 e. The molecule has 2 heterocycles. The first-order valence-corrected chi connectivity index (χ1v) is 10.6. The van der Waals surface area contributed by atoms with Gasteiger partial charge in [0.2, 0.25) is 0 Å². The number of amides is 1. The predicted molar refractivity (Wildman–Crippen MR) is 121 cm³/mol. The maximum absolute atomic E-state index is 13.0. The minimum Gasteiger partial charge on any atom is -0.355 e. The standard InChI is InChI=1S/C25H28N4O/c1-17-9-10-22(18(2)15-17)19(3)28-25(30)21-8-6-7-20(16-21)23-24(27-12-11-26-23)29-13-4-5-14-29/h6-12,15-16,19H,4-5,13-14H2,1-3H3,(H,28,30). The molecule has 0 aliphatic carbocycles. The summed E-state index contributed by atoms with van der Waals surface area (Å²) in [6, 6.07) is 13.9. The first-order valence-electron chi connectivity index (χ1n) is 10.6. The van der Waals surface area contributed by atoms with Crippen molar-refractivity contribution in [1.82, 2.24) is 15.3 Å². The number of anilines is 1. The Morgan fingerprint density at radius 1 is 1.03 bits per heavy atom. The van der Waals surface area contributed by atoms with Crippen LogP contribution in [0.2, 0.25) is 0 Å². The highest BCUT2D eigenvalue weighted by Crippen LogP contribution is 2.29. The average molecular weight is 401 g/mol. The average Bonchev–Trinajstić information content (AvgIpc) is 3.28. The molecule has 1 aliphatic rings. The van der Waals surface area contributed by atoms with Gasteiger partial charge in [0.05, 0.1) is 6.04 Å². The van der Waals surface area contributed by atoms with Gasteiger partial charge in [-0.25, -0.2) is 4.98 Å². The minimum absolute atomic E-state index is 0.0709. The summed E-state index contributed by atoms with van der Waals surface area (Å²) in [5.74, 6) is 0.812. The van der Waals surface area contributed by atoms with Gasteiger partial charge < -0.3 is 10.2 Å². The molecule has 154 valence electrons. The summed E-state index contributed by atoms with van der Waals surface area (Å²) < 4.78 is 0. The van der Waals surface area contributed by atoms with E-state index in [2.05, 4.69) is 52.2 Å². The molecule has 1 N–H and O–H groups in total. The fraction of sp³-hybridized carbons (Fsp3) is 0.320. The van der Waals surface area contributed by atoms with Crippen molar-refractivity contribution in [1.29, 1.82) is 0 Å². The van der Waals surface area contributed by atoms with Crippen LogP contribution in [-0.2, 0) is 0 Å². The van der Waals surface area contributed by atoms with Crippen LogP contribution in [-0.4, -0.2) is 29.0 Å². The molecule has 0 radical (unpaired) electrons. The van der Waals surface area contributed by atoms with Gasteiger partial charge in [0.15, 0.2) is 5.82 Å². The Morgan fingerprint density at radius 3 is 2.57 bits per heavy atom. The Bertz CT molecular complexity index is 1060. The molecule has 0 saturated carbocycles. The van der Waals surface area contributed by atoms with Gasteiger partial charge in [0, 0.05) is 36.6 Å². The molecule has 1 aliphatic heterocycles.